The molecule has 0 atom stereocenters. The van der Waals surface area contributed by atoms with Crippen LogP contribution in [0.5, 0.6) is 11.5 Å². The van der Waals surface area contributed by atoms with E-state index < -0.39 is 0 Å². The zero-order valence-corrected chi connectivity index (χ0v) is 17.1. The summed E-state index contributed by atoms with van der Waals surface area (Å²) < 4.78 is 11.8. The minimum absolute atomic E-state index is 0.0752. The maximum Gasteiger partial charge on any atom is 0.255 e. The lowest BCUT2D eigenvalue weighted by Gasteiger charge is -2.14. The predicted octanol–water partition coefficient (Wildman–Crippen LogP) is 4.00. The highest BCUT2D eigenvalue weighted by atomic mass is 79.9. The van der Waals surface area contributed by atoms with E-state index in [1.54, 1.807) is 42.5 Å². The van der Waals surface area contributed by atoms with Gasteiger partial charge in [-0.15, -0.1) is 0 Å². The average molecular weight is 435 g/mol. The van der Waals surface area contributed by atoms with Crippen molar-refractivity contribution in [1.82, 2.24) is 5.32 Å². The molecule has 144 valence electrons. The van der Waals surface area contributed by atoms with Crippen LogP contribution in [-0.4, -0.2) is 31.1 Å². The normalized spacial score (nSPS) is 10.4. The Kier molecular flexibility index (Phi) is 7.67. The standard InChI is InChI=1S/C20H23BrN2O4/c1-4-26-16-8-6-15(7-9-16)23-19(24)12-22-20(25)17-10-5-14(21)11-18(17)27-13(2)3/h5-11,13H,4,12H2,1-3H3,(H,22,25)(H,23,24). The Morgan fingerprint density at radius 2 is 1.81 bits per heavy atom. The third-order valence-corrected chi connectivity index (χ3v) is 3.90. The summed E-state index contributed by atoms with van der Waals surface area (Å²) in [6.07, 6.45) is -0.0752. The van der Waals surface area contributed by atoms with Gasteiger partial charge >= 0.3 is 0 Å². The molecule has 0 saturated carbocycles. The van der Waals surface area contributed by atoms with Crippen LogP contribution in [-0.2, 0) is 4.79 Å². The van der Waals surface area contributed by atoms with Crippen molar-refractivity contribution in [3.63, 3.8) is 0 Å². The van der Waals surface area contributed by atoms with E-state index in [1.165, 1.54) is 0 Å². The lowest BCUT2D eigenvalue weighted by Crippen LogP contribution is -2.33. The van der Waals surface area contributed by atoms with Crippen molar-refractivity contribution >= 4 is 33.4 Å². The van der Waals surface area contributed by atoms with E-state index in [4.69, 9.17) is 9.47 Å². The van der Waals surface area contributed by atoms with Crippen molar-refractivity contribution in [2.45, 2.75) is 26.9 Å². The molecule has 0 saturated heterocycles. The summed E-state index contributed by atoms with van der Waals surface area (Å²) in [5.41, 5.74) is 1.01. The third-order valence-electron chi connectivity index (χ3n) is 3.41. The molecule has 0 aliphatic carbocycles. The Hall–Kier alpha value is -2.54. The molecule has 0 spiro atoms. The number of carbonyl (C=O) groups excluding carboxylic acids is 2. The van der Waals surface area contributed by atoms with E-state index in [9.17, 15) is 9.59 Å². The molecule has 7 heteroatoms. The first-order chi connectivity index (χ1) is 12.9. The summed E-state index contributed by atoms with van der Waals surface area (Å²) in [4.78, 5) is 24.5. The van der Waals surface area contributed by atoms with Crippen molar-refractivity contribution in [1.29, 1.82) is 0 Å². The second kappa shape index (κ2) is 9.97. The lowest BCUT2D eigenvalue weighted by atomic mass is 10.2. The van der Waals surface area contributed by atoms with E-state index in [2.05, 4.69) is 26.6 Å². The van der Waals surface area contributed by atoms with Gasteiger partial charge in [0.15, 0.2) is 0 Å². The molecule has 0 radical (unpaired) electrons. The van der Waals surface area contributed by atoms with Crippen LogP contribution < -0.4 is 20.1 Å². The molecule has 0 aliphatic rings. The molecule has 0 unspecified atom stereocenters. The fourth-order valence-electron chi connectivity index (χ4n) is 2.30. The molecule has 0 bridgehead atoms. The molecule has 27 heavy (non-hydrogen) atoms. The second-order valence-corrected chi connectivity index (χ2v) is 6.91. The van der Waals surface area contributed by atoms with E-state index in [0.29, 0.717) is 23.6 Å². The van der Waals surface area contributed by atoms with Crippen LogP contribution >= 0.6 is 15.9 Å². The van der Waals surface area contributed by atoms with E-state index in [-0.39, 0.29) is 24.5 Å². The Labute approximate surface area is 167 Å². The molecule has 0 heterocycles. The largest absolute Gasteiger partial charge is 0.494 e. The fourth-order valence-corrected chi connectivity index (χ4v) is 2.64. The monoisotopic (exact) mass is 434 g/mol. The van der Waals surface area contributed by atoms with Gasteiger partial charge in [0.25, 0.3) is 5.91 Å². The van der Waals surface area contributed by atoms with Gasteiger partial charge in [-0.2, -0.15) is 0 Å². The summed E-state index contributed by atoms with van der Waals surface area (Å²) in [7, 11) is 0. The van der Waals surface area contributed by atoms with Gasteiger partial charge in [0, 0.05) is 10.2 Å². The van der Waals surface area contributed by atoms with Gasteiger partial charge < -0.3 is 20.1 Å². The highest BCUT2D eigenvalue weighted by Crippen LogP contribution is 2.24. The number of halogens is 1. The smallest absolute Gasteiger partial charge is 0.255 e. The number of hydrogen-bond acceptors (Lipinski definition) is 4. The highest BCUT2D eigenvalue weighted by Gasteiger charge is 2.15. The Morgan fingerprint density at radius 3 is 2.44 bits per heavy atom. The molecule has 2 aromatic carbocycles. The van der Waals surface area contributed by atoms with E-state index >= 15 is 0 Å². The minimum Gasteiger partial charge on any atom is -0.494 e. The summed E-state index contributed by atoms with van der Waals surface area (Å²) in [6, 6.07) is 12.2. The minimum atomic E-state index is -0.375. The van der Waals surface area contributed by atoms with Crippen LogP contribution in [0.25, 0.3) is 0 Å². The van der Waals surface area contributed by atoms with Gasteiger partial charge in [0.05, 0.1) is 24.8 Å². The number of carbonyl (C=O) groups is 2. The summed E-state index contributed by atoms with van der Waals surface area (Å²) in [5.74, 6) is 0.497. The molecule has 2 aromatic rings. The number of benzene rings is 2. The number of anilines is 1. The molecule has 6 nitrogen and oxygen atoms in total. The van der Waals surface area contributed by atoms with Gasteiger partial charge in [-0.25, -0.2) is 0 Å². The number of amides is 2. The van der Waals surface area contributed by atoms with Crippen molar-refractivity contribution in [3.05, 3.63) is 52.5 Å². The lowest BCUT2D eigenvalue weighted by molar-refractivity contribution is -0.115. The van der Waals surface area contributed by atoms with Crippen molar-refractivity contribution < 1.29 is 19.1 Å². The summed E-state index contributed by atoms with van der Waals surface area (Å²) >= 11 is 3.36. The molecule has 0 fully saturated rings. The van der Waals surface area contributed by atoms with Crippen LogP contribution in [0.4, 0.5) is 5.69 Å². The van der Waals surface area contributed by atoms with Crippen LogP contribution in [0.1, 0.15) is 31.1 Å². The van der Waals surface area contributed by atoms with Crippen molar-refractivity contribution in [3.8, 4) is 11.5 Å². The number of ether oxygens (including phenoxy) is 2. The van der Waals surface area contributed by atoms with Crippen LogP contribution in [0.15, 0.2) is 46.9 Å². The fraction of sp³-hybridized carbons (Fsp3) is 0.300. The Morgan fingerprint density at radius 1 is 1.11 bits per heavy atom. The van der Waals surface area contributed by atoms with Gasteiger partial charge in [0.1, 0.15) is 11.5 Å². The molecule has 0 aliphatic heterocycles. The van der Waals surface area contributed by atoms with E-state index in [0.717, 1.165) is 10.2 Å². The Bertz CT molecular complexity index is 791. The topological polar surface area (TPSA) is 76.7 Å². The molecular formula is C20H23BrN2O4. The van der Waals surface area contributed by atoms with Crippen LogP contribution in [0, 0.1) is 0 Å². The van der Waals surface area contributed by atoms with Crippen molar-refractivity contribution in [2.24, 2.45) is 0 Å². The third kappa shape index (κ3) is 6.60. The maximum atomic E-state index is 12.4. The first kappa shape index (κ1) is 20.8. The quantitative estimate of drug-likeness (QED) is 0.657. The summed E-state index contributed by atoms with van der Waals surface area (Å²) in [5, 5.41) is 5.34. The highest BCUT2D eigenvalue weighted by molar-refractivity contribution is 9.10. The summed E-state index contributed by atoms with van der Waals surface area (Å²) in [6.45, 7) is 6.10. The first-order valence-corrected chi connectivity index (χ1v) is 9.45. The predicted molar refractivity (Wildman–Crippen MR) is 108 cm³/mol. The SMILES string of the molecule is CCOc1ccc(NC(=O)CNC(=O)c2ccc(Br)cc2OC(C)C)cc1. The molecular weight excluding hydrogens is 412 g/mol. The zero-order valence-electron chi connectivity index (χ0n) is 15.5. The number of rotatable bonds is 8. The average Bonchev–Trinajstić information content (AvgIpc) is 2.61. The van der Waals surface area contributed by atoms with E-state index in [1.807, 2.05) is 20.8 Å². The number of nitrogens with one attached hydrogen (secondary N) is 2. The molecule has 2 rings (SSSR count). The number of hydrogen-bond donors (Lipinski definition) is 2. The van der Waals surface area contributed by atoms with Gasteiger partial charge in [-0.3, -0.25) is 9.59 Å². The maximum absolute atomic E-state index is 12.4. The van der Waals surface area contributed by atoms with Gasteiger partial charge in [0.2, 0.25) is 5.91 Å². The van der Waals surface area contributed by atoms with Gasteiger partial charge in [-0.05, 0) is 63.2 Å². The molecule has 0 aromatic heterocycles. The van der Waals surface area contributed by atoms with Gasteiger partial charge in [-0.1, -0.05) is 15.9 Å². The van der Waals surface area contributed by atoms with Crippen LogP contribution in [0.2, 0.25) is 0 Å². The Balaban J connectivity index is 1.94. The van der Waals surface area contributed by atoms with Crippen LogP contribution in [0.3, 0.4) is 0 Å². The van der Waals surface area contributed by atoms with Crippen molar-refractivity contribution in [2.75, 3.05) is 18.5 Å². The second-order valence-electron chi connectivity index (χ2n) is 6.00. The zero-order chi connectivity index (χ0) is 19.8. The molecule has 2 amide bonds. The molecule has 2 N–H and O–H groups in total. The first-order valence-electron chi connectivity index (χ1n) is 8.66.